The molecule has 1 amide bonds. The monoisotopic (exact) mass is 294 g/mol. The lowest BCUT2D eigenvalue weighted by molar-refractivity contribution is -0.126. The number of imidazole rings is 1. The van der Waals surface area contributed by atoms with Crippen LogP contribution in [0.15, 0.2) is 12.5 Å². The van der Waals surface area contributed by atoms with Crippen molar-refractivity contribution in [1.82, 2.24) is 19.8 Å². The van der Waals surface area contributed by atoms with E-state index in [9.17, 15) is 4.79 Å². The third-order valence-electron chi connectivity index (χ3n) is 3.71. The number of hydrogen-bond acceptors (Lipinski definition) is 3. The quantitative estimate of drug-likeness (QED) is 0.800. The van der Waals surface area contributed by atoms with Crippen molar-refractivity contribution < 1.29 is 4.79 Å². The molecule has 0 aliphatic heterocycles. The van der Waals surface area contributed by atoms with E-state index in [1.54, 1.807) is 12.5 Å². The second-order valence-corrected chi connectivity index (χ2v) is 6.53. The minimum absolute atomic E-state index is 0.0423. The summed E-state index contributed by atoms with van der Waals surface area (Å²) in [5.74, 6) is 0.762. The number of hydrogen-bond donors (Lipinski definition) is 1. The van der Waals surface area contributed by atoms with Crippen LogP contribution >= 0.6 is 0 Å². The Kier molecular flexibility index (Phi) is 6.89. The summed E-state index contributed by atoms with van der Waals surface area (Å²) in [6.45, 7) is 6.54. The van der Waals surface area contributed by atoms with Gasteiger partial charge in [0.25, 0.3) is 0 Å². The van der Waals surface area contributed by atoms with Crippen molar-refractivity contribution in [3.05, 3.63) is 18.2 Å². The maximum Gasteiger partial charge on any atom is 0.243 e. The van der Waals surface area contributed by atoms with Crippen LogP contribution in [0, 0.1) is 5.92 Å². The van der Waals surface area contributed by atoms with E-state index in [1.807, 2.05) is 30.6 Å². The van der Waals surface area contributed by atoms with Gasteiger partial charge in [-0.05, 0) is 33.4 Å². The Morgan fingerprint density at radius 2 is 2.00 bits per heavy atom. The highest BCUT2D eigenvalue weighted by Gasteiger charge is 2.26. The molecule has 0 saturated heterocycles. The molecule has 0 bridgehead atoms. The van der Waals surface area contributed by atoms with E-state index in [0.29, 0.717) is 0 Å². The molecule has 1 aromatic heterocycles. The maximum atomic E-state index is 12.5. The minimum atomic E-state index is -0.301. The number of likely N-dealkylation sites (N-methyl/N-ethyl adjacent to an activating group) is 1. The van der Waals surface area contributed by atoms with Crippen LogP contribution in [0.3, 0.4) is 0 Å². The predicted molar refractivity (Wildman–Crippen MR) is 85.9 cm³/mol. The van der Waals surface area contributed by atoms with Gasteiger partial charge in [-0.3, -0.25) is 9.69 Å². The normalized spacial score (nSPS) is 14.5. The first-order valence-corrected chi connectivity index (χ1v) is 7.76. The van der Waals surface area contributed by atoms with Crippen molar-refractivity contribution in [1.29, 1.82) is 0 Å². The molecular weight excluding hydrogens is 264 g/mol. The molecule has 0 fully saturated rings. The molecule has 0 spiro atoms. The number of aromatic nitrogens is 2. The van der Waals surface area contributed by atoms with E-state index in [4.69, 9.17) is 0 Å². The summed E-state index contributed by atoms with van der Waals surface area (Å²) >= 11 is 0. The molecule has 2 atom stereocenters. The zero-order valence-electron chi connectivity index (χ0n) is 14.3. The van der Waals surface area contributed by atoms with Crippen LogP contribution < -0.4 is 5.32 Å². The van der Waals surface area contributed by atoms with Crippen molar-refractivity contribution in [2.75, 3.05) is 14.1 Å². The predicted octanol–water partition coefficient (Wildman–Crippen LogP) is 2.35. The highest BCUT2D eigenvalue weighted by molar-refractivity contribution is 5.82. The van der Waals surface area contributed by atoms with Gasteiger partial charge in [-0.1, -0.05) is 26.7 Å². The van der Waals surface area contributed by atoms with Crippen LogP contribution in [0.1, 0.15) is 51.8 Å². The lowest BCUT2D eigenvalue weighted by Gasteiger charge is -2.25. The third-order valence-corrected chi connectivity index (χ3v) is 3.71. The molecule has 21 heavy (non-hydrogen) atoms. The molecular formula is C16H30N4O. The first-order chi connectivity index (χ1) is 9.82. The van der Waals surface area contributed by atoms with E-state index in [-0.39, 0.29) is 18.0 Å². The van der Waals surface area contributed by atoms with Crippen LogP contribution in [0.4, 0.5) is 0 Å². The molecule has 5 heteroatoms. The van der Waals surface area contributed by atoms with Crippen LogP contribution in [0.25, 0.3) is 0 Å². The summed E-state index contributed by atoms with van der Waals surface area (Å²) in [5, 5.41) is 3.13. The van der Waals surface area contributed by atoms with Gasteiger partial charge < -0.3 is 9.88 Å². The number of amides is 1. The number of nitrogens with one attached hydrogen (secondary N) is 1. The highest BCUT2D eigenvalue weighted by atomic mass is 16.2. The molecule has 0 aliphatic rings. The molecule has 1 heterocycles. The molecule has 5 nitrogen and oxygen atoms in total. The van der Waals surface area contributed by atoms with Crippen molar-refractivity contribution in [2.45, 2.75) is 52.1 Å². The molecule has 0 aliphatic carbocycles. The van der Waals surface area contributed by atoms with E-state index in [0.717, 1.165) is 24.5 Å². The smallest absolute Gasteiger partial charge is 0.243 e. The fourth-order valence-corrected chi connectivity index (χ4v) is 2.49. The van der Waals surface area contributed by atoms with Gasteiger partial charge in [0.15, 0.2) is 0 Å². The van der Waals surface area contributed by atoms with Crippen LogP contribution in [0.5, 0.6) is 0 Å². The Morgan fingerprint density at radius 3 is 2.48 bits per heavy atom. The van der Waals surface area contributed by atoms with E-state index >= 15 is 0 Å². The molecule has 1 N–H and O–H groups in total. The van der Waals surface area contributed by atoms with Gasteiger partial charge in [-0.25, -0.2) is 4.98 Å². The number of nitrogens with zero attached hydrogens (tertiary/aromatic N) is 3. The van der Waals surface area contributed by atoms with Crippen molar-refractivity contribution in [3.63, 3.8) is 0 Å². The fourth-order valence-electron chi connectivity index (χ4n) is 2.49. The first-order valence-electron chi connectivity index (χ1n) is 7.76. The Labute approximate surface area is 128 Å². The first kappa shape index (κ1) is 17.7. The molecule has 0 aromatic carbocycles. The van der Waals surface area contributed by atoms with Gasteiger partial charge in [0.2, 0.25) is 5.91 Å². The average Bonchev–Trinajstić information content (AvgIpc) is 2.74. The Morgan fingerprint density at radius 1 is 1.33 bits per heavy atom. The molecule has 0 radical (unpaired) electrons. The zero-order chi connectivity index (χ0) is 16.0. The molecule has 120 valence electrons. The van der Waals surface area contributed by atoms with Gasteiger partial charge >= 0.3 is 0 Å². The Bertz CT molecular complexity index is 439. The second-order valence-electron chi connectivity index (χ2n) is 6.53. The standard InChI is InChI=1S/C16H30N4O/c1-12(2)8-7-9-13(3)18-16(21)15(19(4)5)14-10-17-11-20(14)6/h10-13,15H,7-9H2,1-6H3,(H,18,21)/t13-,15+/m1/s1. The van der Waals surface area contributed by atoms with Gasteiger partial charge in [0.1, 0.15) is 6.04 Å². The van der Waals surface area contributed by atoms with Gasteiger partial charge in [-0.2, -0.15) is 0 Å². The maximum absolute atomic E-state index is 12.5. The molecule has 1 rings (SSSR count). The largest absolute Gasteiger partial charge is 0.352 e. The molecule has 1 aromatic rings. The lowest BCUT2D eigenvalue weighted by Crippen LogP contribution is -2.41. The minimum Gasteiger partial charge on any atom is -0.352 e. The Hall–Kier alpha value is -1.36. The highest BCUT2D eigenvalue weighted by Crippen LogP contribution is 2.18. The van der Waals surface area contributed by atoms with Crippen LogP contribution in [-0.4, -0.2) is 40.5 Å². The Balaban J connectivity index is 2.60. The molecule has 0 unspecified atom stereocenters. The van der Waals surface area contributed by atoms with Crippen molar-refractivity contribution in [2.24, 2.45) is 13.0 Å². The summed E-state index contributed by atoms with van der Waals surface area (Å²) < 4.78 is 1.90. The van der Waals surface area contributed by atoms with E-state index in [2.05, 4.69) is 31.1 Å². The third kappa shape index (κ3) is 5.50. The summed E-state index contributed by atoms with van der Waals surface area (Å²) in [6.07, 6.45) is 6.87. The average molecular weight is 294 g/mol. The molecule has 0 saturated carbocycles. The topological polar surface area (TPSA) is 50.2 Å². The fraction of sp³-hybridized carbons (Fsp3) is 0.750. The van der Waals surface area contributed by atoms with Gasteiger partial charge in [0.05, 0.1) is 18.2 Å². The second kappa shape index (κ2) is 8.17. The lowest BCUT2D eigenvalue weighted by atomic mass is 10.0. The van der Waals surface area contributed by atoms with Crippen molar-refractivity contribution in [3.8, 4) is 0 Å². The van der Waals surface area contributed by atoms with Crippen molar-refractivity contribution >= 4 is 5.91 Å². The van der Waals surface area contributed by atoms with Gasteiger partial charge in [-0.15, -0.1) is 0 Å². The van der Waals surface area contributed by atoms with Crippen LogP contribution in [-0.2, 0) is 11.8 Å². The zero-order valence-corrected chi connectivity index (χ0v) is 14.3. The number of carbonyl (C=O) groups excluding carboxylic acids is 1. The van der Waals surface area contributed by atoms with Crippen LogP contribution in [0.2, 0.25) is 0 Å². The summed E-state index contributed by atoms with van der Waals surface area (Å²) in [5.41, 5.74) is 0.909. The van der Waals surface area contributed by atoms with E-state index in [1.165, 1.54) is 6.42 Å². The van der Waals surface area contributed by atoms with E-state index < -0.39 is 0 Å². The SMILES string of the molecule is CC(C)CCC[C@@H](C)NC(=O)[C@H](c1cncn1C)N(C)C. The summed E-state index contributed by atoms with van der Waals surface area (Å²) in [6, 6.07) is -0.100. The summed E-state index contributed by atoms with van der Waals surface area (Å²) in [7, 11) is 5.75. The number of carbonyl (C=O) groups is 1. The summed E-state index contributed by atoms with van der Waals surface area (Å²) in [4.78, 5) is 18.6. The number of aryl methyl sites for hydroxylation is 1. The van der Waals surface area contributed by atoms with Gasteiger partial charge in [0, 0.05) is 13.1 Å². The number of rotatable bonds is 8.